The summed E-state index contributed by atoms with van der Waals surface area (Å²) >= 11 is 0. The van der Waals surface area contributed by atoms with Gasteiger partial charge in [0.05, 0.1) is 6.04 Å². The van der Waals surface area contributed by atoms with Crippen LogP contribution in [-0.2, 0) is 4.79 Å². The SMILES string of the molecule is C=NC1(N)CCCC[C@H](N)C1=O. The Morgan fingerprint density at radius 2 is 2.25 bits per heavy atom. The fourth-order valence-corrected chi connectivity index (χ4v) is 1.49. The van der Waals surface area contributed by atoms with Gasteiger partial charge in [-0.2, -0.15) is 0 Å². The summed E-state index contributed by atoms with van der Waals surface area (Å²) in [5.41, 5.74) is 10.2. The molecule has 0 saturated heterocycles. The Morgan fingerprint density at radius 3 is 2.83 bits per heavy atom. The zero-order valence-electron chi connectivity index (χ0n) is 7.12. The quantitative estimate of drug-likeness (QED) is 0.421. The topological polar surface area (TPSA) is 81.5 Å². The Kier molecular flexibility index (Phi) is 2.59. The fourth-order valence-electron chi connectivity index (χ4n) is 1.49. The summed E-state index contributed by atoms with van der Waals surface area (Å²) < 4.78 is 0. The second-order valence-corrected chi connectivity index (χ2v) is 3.30. The predicted octanol–water partition coefficient (Wildman–Crippen LogP) is -0.188. The standard InChI is InChI=1S/C8H15N3O/c1-11-8(10)5-3-2-4-6(9)7(8)12/h6H,1-5,9-10H2/t6-,8?/m0/s1. The first-order valence-corrected chi connectivity index (χ1v) is 4.17. The van der Waals surface area contributed by atoms with E-state index >= 15 is 0 Å². The van der Waals surface area contributed by atoms with Crippen molar-refractivity contribution >= 4 is 12.5 Å². The Balaban J connectivity index is 2.84. The summed E-state index contributed by atoms with van der Waals surface area (Å²) in [5.74, 6) is -0.171. The van der Waals surface area contributed by atoms with Crippen molar-refractivity contribution in [1.82, 2.24) is 0 Å². The molecule has 1 unspecified atom stereocenters. The van der Waals surface area contributed by atoms with Gasteiger partial charge < -0.3 is 11.5 Å². The van der Waals surface area contributed by atoms with Crippen LogP contribution in [0.1, 0.15) is 25.7 Å². The van der Waals surface area contributed by atoms with E-state index in [2.05, 4.69) is 11.7 Å². The summed E-state index contributed by atoms with van der Waals surface area (Å²) in [7, 11) is 0. The van der Waals surface area contributed by atoms with Crippen LogP contribution in [0, 0.1) is 0 Å². The fraction of sp³-hybridized carbons (Fsp3) is 0.750. The van der Waals surface area contributed by atoms with E-state index in [0.717, 1.165) is 12.8 Å². The van der Waals surface area contributed by atoms with Crippen LogP contribution in [0.3, 0.4) is 0 Å². The minimum absolute atomic E-state index is 0.171. The molecule has 0 bridgehead atoms. The summed E-state index contributed by atoms with van der Waals surface area (Å²) in [6, 6.07) is -0.456. The van der Waals surface area contributed by atoms with E-state index in [1.54, 1.807) is 0 Å². The molecule has 0 aromatic heterocycles. The lowest BCUT2D eigenvalue weighted by Crippen LogP contribution is -2.52. The minimum Gasteiger partial charge on any atom is -0.321 e. The maximum atomic E-state index is 11.5. The van der Waals surface area contributed by atoms with Crippen LogP contribution >= 0.6 is 0 Å². The van der Waals surface area contributed by atoms with Gasteiger partial charge in [0.25, 0.3) is 0 Å². The zero-order valence-corrected chi connectivity index (χ0v) is 7.12. The molecule has 1 fully saturated rings. The minimum atomic E-state index is -1.12. The molecular weight excluding hydrogens is 154 g/mol. The summed E-state index contributed by atoms with van der Waals surface area (Å²) in [6.45, 7) is 3.33. The molecule has 1 rings (SSSR count). The molecule has 0 aliphatic heterocycles. The predicted molar refractivity (Wildman–Crippen MR) is 47.9 cm³/mol. The molecule has 2 atom stereocenters. The van der Waals surface area contributed by atoms with Crippen LogP contribution < -0.4 is 11.5 Å². The number of hydrogen-bond donors (Lipinski definition) is 2. The molecule has 4 N–H and O–H groups in total. The third-order valence-electron chi connectivity index (χ3n) is 2.37. The number of nitrogens with two attached hydrogens (primary N) is 2. The molecular formula is C8H15N3O. The number of Topliss-reactive ketones (excluding diaryl/α,β-unsaturated/α-hetero) is 1. The van der Waals surface area contributed by atoms with Crippen molar-refractivity contribution in [2.45, 2.75) is 37.4 Å². The van der Waals surface area contributed by atoms with Gasteiger partial charge in [-0.3, -0.25) is 9.79 Å². The lowest BCUT2D eigenvalue weighted by atomic mass is 9.99. The van der Waals surface area contributed by atoms with Gasteiger partial charge in [-0.05, 0) is 26.0 Å². The average Bonchev–Trinajstić information content (AvgIpc) is 2.20. The Morgan fingerprint density at radius 1 is 1.58 bits per heavy atom. The number of carbonyl (C=O) groups is 1. The first-order chi connectivity index (χ1) is 5.60. The van der Waals surface area contributed by atoms with Crippen molar-refractivity contribution in [3.8, 4) is 0 Å². The first-order valence-electron chi connectivity index (χ1n) is 4.17. The number of aliphatic imine (C=N–C) groups is 1. The van der Waals surface area contributed by atoms with E-state index in [1.165, 1.54) is 0 Å². The molecule has 1 saturated carbocycles. The highest BCUT2D eigenvalue weighted by atomic mass is 16.1. The van der Waals surface area contributed by atoms with Gasteiger partial charge in [-0.25, -0.2) is 0 Å². The van der Waals surface area contributed by atoms with E-state index < -0.39 is 11.7 Å². The van der Waals surface area contributed by atoms with E-state index in [9.17, 15) is 4.79 Å². The third-order valence-corrected chi connectivity index (χ3v) is 2.37. The van der Waals surface area contributed by atoms with Crippen molar-refractivity contribution in [2.75, 3.05) is 0 Å². The molecule has 4 heteroatoms. The third kappa shape index (κ3) is 1.54. The Hall–Kier alpha value is -0.740. The van der Waals surface area contributed by atoms with Gasteiger partial charge in [0.15, 0.2) is 11.4 Å². The van der Waals surface area contributed by atoms with Gasteiger partial charge in [0.1, 0.15) is 0 Å². The molecule has 0 aromatic carbocycles. The highest BCUT2D eigenvalue weighted by Crippen LogP contribution is 2.21. The van der Waals surface area contributed by atoms with Crippen LogP contribution in [0.5, 0.6) is 0 Å². The van der Waals surface area contributed by atoms with Gasteiger partial charge in [0, 0.05) is 0 Å². The lowest BCUT2D eigenvalue weighted by molar-refractivity contribution is -0.125. The maximum Gasteiger partial charge on any atom is 0.191 e. The van der Waals surface area contributed by atoms with Crippen molar-refractivity contribution in [2.24, 2.45) is 16.5 Å². The van der Waals surface area contributed by atoms with E-state index in [4.69, 9.17) is 11.5 Å². The number of ketones is 1. The Bertz CT molecular complexity index is 204. The second kappa shape index (κ2) is 3.33. The average molecular weight is 169 g/mol. The number of nitrogens with zero attached hydrogens (tertiary/aromatic N) is 1. The molecule has 0 aromatic rings. The number of hydrogen-bond acceptors (Lipinski definition) is 4. The largest absolute Gasteiger partial charge is 0.321 e. The molecule has 0 radical (unpaired) electrons. The molecule has 1 aliphatic carbocycles. The monoisotopic (exact) mass is 169 g/mol. The Labute approximate surface area is 72.0 Å². The molecule has 0 amide bonds. The summed E-state index contributed by atoms with van der Waals surface area (Å²) in [6.07, 6.45) is 3.13. The van der Waals surface area contributed by atoms with Crippen molar-refractivity contribution in [1.29, 1.82) is 0 Å². The van der Waals surface area contributed by atoms with Crippen molar-refractivity contribution < 1.29 is 4.79 Å². The summed E-state index contributed by atoms with van der Waals surface area (Å²) in [5, 5.41) is 0. The van der Waals surface area contributed by atoms with E-state index in [1.807, 2.05) is 0 Å². The molecule has 0 heterocycles. The second-order valence-electron chi connectivity index (χ2n) is 3.30. The highest BCUT2D eigenvalue weighted by Gasteiger charge is 2.37. The van der Waals surface area contributed by atoms with Crippen LogP contribution in [0.2, 0.25) is 0 Å². The van der Waals surface area contributed by atoms with E-state index in [0.29, 0.717) is 12.8 Å². The van der Waals surface area contributed by atoms with Crippen molar-refractivity contribution in [3.63, 3.8) is 0 Å². The molecule has 0 spiro atoms. The van der Waals surface area contributed by atoms with Crippen LogP contribution in [-0.4, -0.2) is 24.2 Å². The van der Waals surface area contributed by atoms with Gasteiger partial charge in [-0.15, -0.1) is 0 Å². The van der Waals surface area contributed by atoms with Crippen LogP contribution in [0.15, 0.2) is 4.99 Å². The van der Waals surface area contributed by atoms with Gasteiger partial charge in [-0.1, -0.05) is 6.42 Å². The normalized spacial score (nSPS) is 37.5. The maximum absolute atomic E-state index is 11.5. The van der Waals surface area contributed by atoms with Gasteiger partial charge in [0.2, 0.25) is 0 Å². The smallest absolute Gasteiger partial charge is 0.191 e. The molecule has 12 heavy (non-hydrogen) atoms. The van der Waals surface area contributed by atoms with Crippen LogP contribution in [0.25, 0.3) is 0 Å². The van der Waals surface area contributed by atoms with E-state index in [-0.39, 0.29) is 5.78 Å². The molecule has 1 aliphatic rings. The number of carbonyl (C=O) groups excluding carboxylic acids is 1. The van der Waals surface area contributed by atoms with Crippen LogP contribution in [0.4, 0.5) is 0 Å². The molecule has 68 valence electrons. The lowest BCUT2D eigenvalue weighted by Gasteiger charge is -2.22. The highest BCUT2D eigenvalue weighted by molar-refractivity contribution is 5.93. The first kappa shape index (κ1) is 9.35. The van der Waals surface area contributed by atoms with Crippen molar-refractivity contribution in [3.05, 3.63) is 0 Å². The molecule has 4 nitrogen and oxygen atoms in total. The number of rotatable bonds is 1. The zero-order chi connectivity index (χ0) is 9.19. The summed E-state index contributed by atoms with van der Waals surface area (Å²) in [4.78, 5) is 15.2. The van der Waals surface area contributed by atoms with Gasteiger partial charge >= 0.3 is 0 Å².